The first-order valence-electron chi connectivity index (χ1n) is 14.2. The molecule has 2 fully saturated rings. The van der Waals surface area contributed by atoms with Crippen molar-refractivity contribution in [3.05, 3.63) is 53.6 Å². The molecule has 3 aromatic carbocycles. The van der Waals surface area contributed by atoms with E-state index in [4.69, 9.17) is 14.5 Å². The van der Waals surface area contributed by atoms with E-state index in [1.54, 1.807) is 12.1 Å². The fourth-order valence-corrected chi connectivity index (χ4v) is 7.07. The van der Waals surface area contributed by atoms with Gasteiger partial charge in [-0.05, 0) is 43.2 Å². The zero-order valence-electron chi connectivity index (χ0n) is 24.2. The lowest BCUT2D eigenvalue weighted by molar-refractivity contribution is -0.287. The van der Waals surface area contributed by atoms with E-state index in [0.717, 1.165) is 43.7 Å². The van der Waals surface area contributed by atoms with E-state index >= 15 is 0 Å². The van der Waals surface area contributed by atoms with E-state index in [0.29, 0.717) is 28.4 Å². The second-order valence-electron chi connectivity index (χ2n) is 11.2. The number of fused-ring (bicyclic) bond motifs is 3. The molecule has 0 saturated carbocycles. The molecule has 4 aliphatic rings. The number of anilines is 3. The van der Waals surface area contributed by atoms with Gasteiger partial charge < -0.3 is 44.0 Å². The molecule has 47 heavy (non-hydrogen) atoms. The van der Waals surface area contributed by atoms with Crippen LogP contribution in [0.5, 0.6) is 28.7 Å². The summed E-state index contributed by atoms with van der Waals surface area (Å²) in [4.78, 5) is 34.2. The molecular formula is C30H22F4N4O8S. The van der Waals surface area contributed by atoms with Crippen molar-refractivity contribution >= 4 is 49.9 Å². The Morgan fingerprint density at radius 2 is 1.60 bits per heavy atom. The topological polar surface area (TPSA) is 130 Å². The van der Waals surface area contributed by atoms with Crippen LogP contribution in [0.15, 0.2) is 42.5 Å². The first-order valence-corrected chi connectivity index (χ1v) is 15.0. The minimum Gasteiger partial charge on any atom is -0.496 e. The number of nitrogens with one attached hydrogen (secondary N) is 2. The molecule has 1 aromatic heterocycles. The van der Waals surface area contributed by atoms with E-state index in [9.17, 15) is 27.2 Å². The van der Waals surface area contributed by atoms with E-state index in [-0.39, 0.29) is 45.4 Å². The zero-order valence-corrected chi connectivity index (χ0v) is 25.0. The highest BCUT2D eigenvalue weighted by Crippen LogP contribution is 2.46. The molecule has 5 heterocycles. The maximum atomic E-state index is 14.0. The predicted molar refractivity (Wildman–Crippen MR) is 157 cm³/mol. The third kappa shape index (κ3) is 5.14. The normalized spacial score (nSPS) is 19.1. The summed E-state index contributed by atoms with van der Waals surface area (Å²) < 4.78 is 84.8. The van der Waals surface area contributed by atoms with Crippen LogP contribution in [0.3, 0.4) is 0 Å². The largest absolute Gasteiger partial charge is 0.586 e. The number of ether oxygens (including phenoxy) is 6. The van der Waals surface area contributed by atoms with Gasteiger partial charge in [-0.3, -0.25) is 9.59 Å². The van der Waals surface area contributed by atoms with Crippen molar-refractivity contribution in [2.24, 2.45) is 0 Å². The number of aromatic nitrogens is 1. The average Bonchev–Trinajstić information content (AvgIpc) is 3.76. The number of hydrogen-bond donors (Lipinski definition) is 2. The smallest absolute Gasteiger partial charge is 0.496 e. The summed E-state index contributed by atoms with van der Waals surface area (Å²) in [6.45, 7) is 2.08. The maximum Gasteiger partial charge on any atom is 0.586 e. The zero-order chi connectivity index (χ0) is 32.7. The molecule has 1 spiro atoms. The van der Waals surface area contributed by atoms with E-state index < -0.39 is 35.9 Å². The summed E-state index contributed by atoms with van der Waals surface area (Å²) in [5, 5.41) is 5.79. The molecule has 0 bridgehead atoms. The number of benzene rings is 3. The predicted octanol–water partition coefficient (Wildman–Crippen LogP) is 5.82. The van der Waals surface area contributed by atoms with E-state index in [1.807, 2.05) is 0 Å². The van der Waals surface area contributed by atoms with Gasteiger partial charge in [0, 0.05) is 24.4 Å². The summed E-state index contributed by atoms with van der Waals surface area (Å²) in [6, 6.07) is 8.81. The molecular weight excluding hydrogens is 652 g/mol. The van der Waals surface area contributed by atoms with Crippen LogP contribution in [0.25, 0.3) is 10.2 Å². The highest BCUT2D eigenvalue weighted by atomic mass is 32.1. The van der Waals surface area contributed by atoms with Crippen LogP contribution in [-0.4, -0.2) is 61.8 Å². The second kappa shape index (κ2) is 10.2. The van der Waals surface area contributed by atoms with Crippen molar-refractivity contribution in [2.45, 2.75) is 31.0 Å². The minimum absolute atomic E-state index is 0.00901. The van der Waals surface area contributed by atoms with Crippen LogP contribution in [0.2, 0.25) is 0 Å². The number of amides is 2. The Morgan fingerprint density at radius 1 is 0.894 bits per heavy atom. The van der Waals surface area contributed by atoms with Gasteiger partial charge in [0.2, 0.25) is 0 Å². The standard InChI is InChI=1S/C30H22F4N4O8S/c1-41-19-6-4-16-24(47-27(37-16)38-12-28(13-38)7-2-8-42-28)23(19)26(40)36-17-11-22-21(45-30(33,34)46-22)10-15(17)25(39)35-14-3-5-18-20(9-14)44-29(31,32)43-18/h3-6,9-11H,2,7-8,12-13H2,1H3,(H,35,39)(H,36,40). The molecule has 0 aliphatic carbocycles. The van der Waals surface area contributed by atoms with Crippen LogP contribution >= 0.6 is 11.3 Å². The Hall–Kier alpha value is -5.03. The van der Waals surface area contributed by atoms with Gasteiger partial charge in [-0.1, -0.05) is 11.3 Å². The molecule has 17 heteroatoms. The van der Waals surface area contributed by atoms with Crippen LogP contribution in [0.4, 0.5) is 34.1 Å². The molecule has 12 nitrogen and oxygen atoms in total. The number of rotatable bonds is 6. The molecule has 2 saturated heterocycles. The first kappa shape index (κ1) is 29.4. The van der Waals surface area contributed by atoms with Gasteiger partial charge in [-0.15, -0.1) is 17.6 Å². The number of methoxy groups -OCH3 is 1. The second-order valence-corrected chi connectivity index (χ2v) is 12.2. The molecule has 4 aliphatic heterocycles. The van der Waals surface area contributed by atoms with Crippen molar-refractivity contribution < 1.29 is 55.6 Å². The summed E-state index contributed by atoms with van der Waals surface area (Å²) in [5.74, 6) is -2.90. The number of carbonyl (C=O) groups is 2. The lowest BCUT2D eigenvalue weighted by Gasteiger charge is -2.46. The number of alkyl halides is 4. The van der Waals surface area contributed by atoms with Crippen molar-refractivity contribution in [1.29, 1.82) is 0 Å². The Bertz CT molecular complexity index is 1970. The van der Waals surface area contributed by atoms with Gasteiger partial charge in [-0.2, -0.15) is 0 Å². The monoisotopic (exact) mass is 674 g/mol. The Labute approximate surface area is 266 Å². The van der Waals surface area contributed by atoms with Crippen LogP contribution in [0, 0.1) is 0 Å². The minimum atomic E-state index is -4.02. The fourth-order valence-electron chi connectivity index (χ4n) is 5.97. The van der Waals surface area contributed by atoms with Crippen molar-refractivity contribution in [1.82, 2.24) is 4.98 Å². The van der Waals surface area contributed by atoms with Crippen LogP contribution < -0.4 is 39.2 Å². The SMILES string of the molecule is COc1ccc2nc(N3CC4(CCCO4)C3)sc2c1C(=O)Nc1cc2c(cc1C(=O)Nc1ccc3c(c1)OC(F)(F)O3)OC(F)(F)O2. The molecule has 0 unspecified atom stereocenters. The Morgan fingerprint density at radius 3 is 2.30 bits per heavy atom. The maximum absolute atomic E-state index is 14.0. The quantitative estimate of drug-likeness (QED) is 0.241. The third-order valence-corrected chi connectivity index (χ3v) is 9.21. The molecule has 0 atom stereocenters. The summed E-state index contributed by atoms with van der Waals surface area (Å²) >= 11 is 1.28. The van der Waals surface area contributed by atoms with Gasteiger partial charge in [0.05, 0.1) is 41.7 Å². The number of halogens is 4. The number of thiazole rings is 1. The van der Waals surface area contributed by atoms with Crippen molar-refractivity contribution in [2.75, 3.05) is 42.3 Å². The Kier molecular flexibility index (Phi) is 6.40. The van der Waals surface area contributed by atoms with E-state index in [2.05, 4.69) is 34.5 Å². The fraction of sp³-hybridized carbons (Fsp3) is 0.300. The Balaban J connectivity index is 1.11. The molecule has 8 rings (SSSR count). The highest BCUT2D eigenvalue weighted by molar-refractivity contribution is 7.22. The van der Waals surface area contributed by atoms with Gasteiger partial charge in [0.25, 0.3) is 11.8 Å². The summed E-state index contributed by atoms with van der Waals surface area (Å²) in [6.07, 6.45) is -5.93. The molecule has 0 radical (unpaired) electrons. The lowest BCUT2D eigenvalue weighted by Crippen LogP contribution is -2.61. The van der Waals surface area contributed by atoms with Crippen LogP contribution in [0.1, 0.15) is 33.6 Å². The first-order chi connectivity index (χ1) is 22.4. The molecule has 4 aromatic rings. The third-order valence-electron chi connectivity index (χ3n) is 8.06. The molecule has 2 amide bonds. The van der Waals surface area contributed by atoms with Crippen LogP contribution in [-0.2, 0) is 4.74 Å². The van der Waals surface area contributed by atoms with Gasteiger partial charge >= 0.3 is 12.6 Å². The van der Waals surface area contributed by atoms with Crippen molar-refractivity contribution in [3.8, 4) is 28.7 Å². The van der Waals surface area contributed by atoms with Gasteiger partial charge in [0.1, 0.15) is 16.9 Å². The number of carbonyl (C=O) groups excluding carboxylic acids is 2. The van der Waals surface area contributed by atoms with E-state index in [1.165, 1.54) is 24.5 Å². The summed E-state index contributed by atoms with van der Waals surface area (Å²) in [7, 11) is 1.39. The van der Waals surface area contributed by atoms with Crippen molar-refractivity contribution in [3.63, 3.8) is 0 Å². The van der Waals surface area contributed by atoms with Gasteiger partial charge in [-0.25, -0.2) is 4.98 Å². The average molecular weight is 675 g/mol. The number of hydrogen-bond acceptors (Lipinski definition) is 11. The lowest BCUT2D eigenvalue weighted by atomic mass is 9.92. The van der Waals surface area contributed by atoms with Gasteiger partial charge in [0.15, 0.2) is 28.1 Å². The summed E-state index contributed by atoms with van der Waals surface area (Å²) in [5.41, 5.74) is -0.0522. The number of nitrogens with zero attached hydrogens (tertiary/aromatic N) is 2. The molecule has 244 valence electrons. The highest BCUT2D eigenvalue weighted by Gasteiger charge is 2.48. The molecule has 2 N–H and O–H groups in total.